The van der Waals surface area contributed by atoms with E-state index in [0.29, 0.717) is 11.6 Å². The Morgan fingerprint density at radius 1 is 1.71 bits per heavy atom. The van der Waals surface area contributed by atoms with E-state index < -0.39 is 12.0 Å². The molecule has 0 aliphatic heterocycles. The van der Waals surface area contributed by atoms with Crippen LogP contribution in [0.1, 0.15) is 6.92 Å². The Morgan fingerprint density at radius 3 is 3.00 bits per heavy atom. The Bertz CT molecular complexity index is 329. The van der Waals surface area contributed by atoms with Gasteiger partial charge >= 0.3 is 5.97 Å². The average Bonchev–Trinajstić information content (AvgIpc) is 2.18. The molecule has 76 valence electrons. The van der Waals surface area contributed by atoms with Crippen LogP contribution in [0.3, 0.4) is 0 Å². The number of carboxylic acids is 1. The molecule has 0 radical (unpaired) electrons. The van der Waals surface area contributed by atoms with Gasteiger partial charge in [-0.05, 0) is 6.92 Å². The third-order valence-electron chi connectivity index (χ3n) is 1.62. The predicted molar refractivity (Wildman–Crippen MR) is 49.3 cm³/mol. The zero-order valence-electron chi connectivity index (χ0n) is 7.89. The third-order valence-corrected chi connectivity index (χ3v) is 1.62. The molecular weight excluding hydrogens is 186 g/mol. The van der Waals surface area contributed by atoms with Gasteiger partial charge < -0.3 is 15.2 Å². The molecule has 1 atom stereocenters. The van der Waals surface area contributed by atoms with Crippen LogP contribution in [0, 0.1) is 0 Å². The summed E-state index contributed by atoms with van der Waals surface area (Å²) in [4.78, 5) is 18.2. The fourth-order valence-corrected chi connectivity index (χ4v) is 0.841. The van der Waals surface area contributed by atoms with Gasteiger partial charge in [0, 0.05) is 0 Å². The third kappa shape index (κ3) is 2.32. The van der Waals surface area contributed by atoms with Crippen molar-refractivity contribution >= 4 is 11.8 Å². The maximum Gasteiger partial charge on any atom is 0.325 e. The molecule has 6 nitrogen and oxygen atoms in total. The van der Waals surface area contributed by atoms with Gasteiger partial charge in [0.2, 0.25) is 0 Å². The first-order valence-electron chi connectivity index (χ1n) is 3.98. The molecule has 0 saturated carbocycles. The number of hydrogen-bond donors (Lipinski definition) is 2. The van der Waals surface area contributed by atoms with E-state index in [9.17, 15) is 4.79 Å². The number of ether oxygens (including phenoxy) is 1. The number of aromatic nitrogens is 2. The molecule has 0 bridgehead atoms. The van der Waals surface area contributed by atoms with Crippen molar-refractivity contribution in [2.45, 2.75) is 13.0 Å². The maximum atomic E-state index is 10.6. The molecule has 0 aromatic carbocycles. The lowest BCUT2D eigenvalue weighted by molar-refractivity contribution is -0.137. The summed E-state index contributed by atoms with van der Waals surface area (Å²) in [7, 11) is 1.47. The number of rotatable bonds is 4. The van der Waals surface area contributed by atoms with E-state index in [-0.39, 0.29) is 0 Å². The Balaban J connectivity index is 2.80. The van der Waals surface area contributed by atoms with E-state index in [1.54, 1.807) is 0 Å². The molecular formula is C8H11N3O3. The van der Waals surface area contributed by atoms with E-state index in [4.69, 9.17) is 9.84 Å². The van der Waals surface area contributed by atoms with Crippen LogP contribution in [0.25, 0.3) is 0 Å². The van der Waals surface area contributed by atoms with Gasteiger partial charge in [-0.1, -0.05) is 0 Å². The molecule has 0 spiro atoms. The summed E-state index contributed by atoms with van der Waals surface area (Å²) in [5.41, 5.74) is 0. The predicted octanol–water partition coefficient (Wildman–Crippen LogP) is 0.370. The number of nitrogens with zero attached hydrogens (tertiary/aromatic N) is 2. The molecule has 0 aliphatic rings. The molecule has 2 N–H and O–H groups in total. The minimum Gasteiger partial charge on any atom is -0.491 e. The van der Waals surface area contributed by atoms with Crippen LogP contribution in [-0.4, -0.2) is 34.2 Å². The highest BCUT2D eigenvalue weighted by Gasteiger charge is 2.13. The Morgan fingerprint density at radius 2 is 2.43 bits per heavy atom. The molecule has 1 aromatic heterocycles. The largest absolute Gasteiger partial charge is 0.491 e. The normalized spacial score (nSPS) is 11.9. The Hall–Kier alpha value is -1.85. The lowest BCUT2D eigenvalue weighted by atomic mass is 10.3. The standard InChI is InChI=1S/C8H11N3O3/c1-5(8(12)13)11-7-6(14-2)3-9-4-10-7/h3-5H,1-2H3,(H,12,13)(H,9,10,11). The quantitative estimate of drug-likeness (QED) is 0.725. The SMILES string of the molecule is COc1cncnc1NC(C)C(=O)O. The highest BCUT2D eigenvalue weighted by molar-refractivity contribution is 5.76. The molecule has 1 heterocycles. The molecule has 0 saturated heterocycles. The molecule has 0 fully saturated rings. The van der Waals surface area contributed by atoms with Crippen molar-refractivity contribution in [2.75, 3.05) is 12.4 Å². The molecule has 14 heavy (non-hydrogen) atoms. The van der Waals surface area contributed by atoms with Gasteiger partial charge in [0.1, 0.15) is 12.4 Å². The summed E-state index contributed by atoms with van der Waals surface area (Å²) in [5.74, 6) is -0.163. The number of nitrogens with one attached hydrogen (secondary N) is 1. The van der Waals surface area contributed by atoms with Crippen LogP contribution < -0.4 is 10.1 Å². The molecule has 1 aromatic rings. The van der Waals surface area contributed by atoms with Gasteiger partial charge in [-0.15, -0.1) is 0 Å². The molecule has 6 heteroatoms. The second-order valence-electron chi connectivity index (χ2n) is 2.64. The van der Waals surface area contributed by atoms with Crippen molar-refractivity contribution in [3.05, 3.63) is 12.5 Å². The molecule has 0 amide bonds. The van der Waals surface area contributed by atoms with Crippen molar-refractivity contribution in [2.24, 2.45) is 0 Å². The minimum absolute atomic E-state index is 0.373. The van der Waals surface area contributed by atoms with Gasteiger partial charge in [-0.3, -0.25) is 4.79 Å². The van der Waals surface area contributed by atoms with Crippen molar-refractivity contribution in [1.82, 2.24) is 9.97 Å². The van der Waals surface area contributed by atoms with Gasteiger partial charge in [-0.25, -0.2) is 9.97 Å². The maximum absolute atomic E-state index is 10.6. The summed E-state index contributed by atoms with van der Waals surface area (Å²) < 4.78 is 4.95. The highest BCUT2D eigenvalue weighted by Crippen LogP contribution is 2.19. The van der Waals surface area contributed by atoms with E-state index in [1.165, 1.54) is 26.6 Å². The fraction of sp³-hybridized carbons (Fsp3) is 0.375. The van der Waals surface area contributed by atoms with E-state index >= 15 is 0 Å². The monoisotopic (exact) mass is 197 g/mol. The lowest BCUT2D eigenvalue weighted by Gasteiger charge is -2.11. The van der Waals surface area contributed by atoms with Crippen LogP contribution in [0.2, 0.25) is 0 Å². The zero-order valence-corrected chi connectivity index (χ0v) is 7.89. The molecule has 1 rings (SSSR count). The second kappa shape index (κ2) is 4.40. The number of carbonyl (C=O) groups is 1. The van der Waals surface area contributed by atoms with E-state index in [0.717, 1.165) is 0 Å². The first-order chi connectivity index (χ1) is 6.65. The summed E-state index contributed by atoms with van der Waals surface area (Å²) in [5, 5.41) is 11.3. The van der Waals surface area contributed by atoms with Crippen molar-refractivity contribution < 1.29 is 14.6 Å². The number of methoxy groups -OCH3 is 1. The number of anilines is 1. The number of carboxylic acid groups (broad SMARTS) is 1. The Labute approximate surface area is 80.9 Å². The van der Waals surface area contributed by atoms with E-state index in [2.05, 4.69) is 15.3 Å². The van der Waals surface area contributed by atoms with Gasteiger partial charge in [0.05, 0.1) is 13.3 Å². The Kier molecular flexibility index (Phi) is 3.22. The first-order valence-corrected chi connectivity index (χ1v) is 3.98. The summed E-state index contributed by atoms with van der Waals surface area (Å²) >= 11 is 0. The first kappa shape index (κ1) is 10.2. The topological polar surface area (TPSA) is 84.3 Å². The van der Waals surface area contributed by atoms with Crippen LogP contribution in [0.4, 0.5) is 5.82 Å². The average molecular weight is 197 g/mol. The van der Waals surface area contributed by atoms with Crippen molar-refractivity contribution in [1.29, 1.82) is 0 Å². The van der Waals surface area contributed by atoms with Gasteiger partial charge in [0.25, 0.3) is 0 Å². The van der Waals surface area contributed by atoms with E-state index in [1.807, 2.05) is 0 Å². The van der Waals surface area contributed by atoms with Crippen molar-refractivity contribution in [3.8, 4) is 5.75 Å². The lowest BCUT2D eigenvalue weighted by Crippen LogP contribution is -2.26. The smallest absolute Gasteiger partial charge is 0.325 e. The fourth-order valence-electron chi connectivity index (χ4n) is 0.841. The van der Waals surface area contributed by atoms with Crippen molar-refractivity contribution in [3.63, 3.8) is 0 Å². The zero-order chi connectivity index (χ0) is 10.6. The number of hydrogen-bond acceptors (Lipinski definition) is 5. The van der Waals surface area contributed by atoms with Crippen LogP contribution in [0.5, 0.6) is 5.75 Å². The molecule has 1 unspecified atom stereocenters. The van der Waals surface area contributed by atoms with Gasteiger partial charge in [0.15, 0.2) is 11.6 Å². The van der Waals surface area contributed by atoms with Crippen LogP contribution >= 0.6 is 0 Å². The second-order valence-corrected chi connectivity index (χ2v) is 2.64. The van der Waals surface area contributed by atoms with Crippen LogP contribution in [-0.2, 0) is 4.79 Å². The van der Waals surface area contributed by atoms with Crippen LogP contribution in [0.15, 0.2) is 12.5 Å². The minimum atomic E-state index is -0.953. The summed E-state index contributed by atoms with van der Waals surface area (Å²) in [6.07, 6.45) is 2.78. The van der Waals surface area contributed by atoms with Gasteiger partial charge in [-0.2, -0.15) is 0 Å². The summed E-state index contributed by atoms with van der Waals surface area (Å²) in [6, 6.07) is -0.723. The number of aliphatic carboxylic acids is 1. The molecule has 0 aliphatic carbocycles. The summed E-state index contributed by atoms with van der Waals surface area (Å²) in [6.45, 7) is 1.52. The highest BCUT2D eigenvalue weighted by atomic mass is 16.5.